The van der Waals surface area contributed by atoms with Crippen molar-refractivity contribution in [2.75, 3.05) is 6.61 Å². The van der Waals surface area contributed by atoms with Crippen LogP contribution in [0.15, 0.2) is 0 Å². The number of aliphatic hydroxyl groups excluding tert-OH is 4. The van der Waals surface area contributed by atoms with E-state index in [0.717, 1.165) is 44.9 Å². The molecular formula is C26H44O7. The highest BCUT2D eigenvalue weighted by Gasteiger charge is 2.67. The Morgan fingerprint density at radius 3 is 2.30 bits per heavy atom. The molecule has 1 spiro atoms. The summed E-state index contributed by atoms with van der Waals surface area (Å²) >= 11 is 0. The van der Waals surface area contributed by atoms with Crippen molar-refractivity contribution in [2.24, 2.45) is 34.0 Å². The van der Waals surface area contributed by atoms with Gasteiger partial charge in [-0.25, -0.2) is 0 Å². The number of hydrogen-bond acceptors (Lipinski definition) is 7. The zero-order valence-corrected chi connectivity index (χ0v) is 20.6. The van der Waals surface area contributed by atoms with Crippen molar-refractivity contribution >= 4 is 0 Å². The number of rotatable bonds is 3. The second kappa shape index (κ2) is 7.86. The molecule has 33 heavy (non-hydrogen) atoms. The molecule has 0 amide bonds. The van der Waals surface area contributed by atoms with Crippen molar-refractivity contribution in [1.29, 1.82) is 0 Å². The summed E-state index contributed by atoms with van der Waals surface area (Å²) in [6, 6.07) is 0. The summed E-state index contributed by atoms with van der Waals surface area (Å²) in [5.41, 5.74) is -0.247. The molecule has 7 heteroatoms. The molecule has 5 fully saturated rings. The number of fused-ring (bicyclic) bond motifs is 3. The lowest BCUT2D eigenvalue weighted by molar-refractivity contribution is -0.329. The Balaban J connectivity index is 1.36. The van der Waals surface area contributed by atoms with Crippen LogP contribution in [0.25, 0.3) is 0 Å². The Hall–Kier alpha value is -0.280. The maximum absolute atomic E-state index is 11.1. The summed E-state index contributed by atoms with van der Waals surface area (Å²) in [5.74, 6) is 1.50. The van der Waals surface area contributed by atoms with Crippen LogP contribution in [0, 0.1) is 34.0 Å². The Labute approximate surface area is 197 Å². The second-order valence-electron chi connectivity index (χ2n) is 13.2. The van der Waals surface area contributed by atoms with Crippen LogP contribution in [0.2, 0.25) is 0 Å². The maximum atomic E-state index is 11.1. The Bertz CT molecular complexity index is 753. The fourth-order valence-corrected chi connectivity index (χ4v) is 9.58. The van der Waals surface area contributed by atoms with Gasteiger partial charge in [0.15, 0.2) is 6.29 Å². The van der Waals surface area contributed by atoms with Gasteiger partial charge in [-0.3, -0.25) is 0 Å². The van der Waals surface area contributed by atoms with Crippen LogP contribution >= 0.6 is 0 Å². The fraction of sp³-hybridized carbons (Fsp3) is 1.00. The summed E-state index contributed by atoms with van der Waals surface area (Å²) in [6.45, 7) is 8.60. The largest absolute Gasteiger partial charge is 0.394 e. The van der Waals surface area contributed by atoms with Crippen LogP contribution in [0.1, 0.15) is 79.1 Å². The molecule has 190 valence electrons. The summed E-state index contributed by atoms with van der Waals surface area (Å²) in [7, 11) is 0. The smallest absolute Gasteiger partial charge is 0.186 e. The van der Waals surface area contributed by atoms with E-state index in [1.54, 1.807) is 0 Å². The molecule has 2 bridgehead atoms. The van der Waals surface area contributed by atoms with E-state index >= 15 is 0 Å². The first-order valence-corrected chi connectivity index (χ1v) is 13.0. The van der Waals surface area contributed by atoms with E-state index < -0.39 is 42.9 Å². The third-order valence-electron chi connectivity index (χ3n) is 11.1. The summed E-state index contributed by atoms with van der Waals surface area (Å²) in [5, 5.41) is 51.4. The van der Waals surface area contributed by atoms with Gasteiger partial charge < -0.3 is 35.0 Å². The van der Waals surface area contributed by atoms with Crippen LogP contribution in [-0.2, 0) is 9.47 Å². The molecule has 4 aliphatic carbocycles. The van der Waals surface area contributed by atoms with Gasteiger partial charge in [-0.2, -0.15) is 0 Å². The van der Waals surface area contributed by atoms with Crippen molar-refractivity contribution in [3.63, 3.8) is 0 Å². The number of ether oxygens (including phenoxy) is 2. The predicted molar refractivity (Wildman–Crippen MR) is 121 cm³/mol. The molecule has 0 unspecified atom stereocenters. The van der Waals surface area contributed by atoms with Gasteiger partial charge in [0.25, 0.3) is 0 Å². The van der Waals surface area contributed by atoms with Gasteiger partial charge in [-0.1, -0.05) is 20.8 Å². The Kier molecular flexibility index (Phi) is 5.81. The molecule has 5 rings (SSSR count). The first kappa shape index (κ1) is 24.4. The molecule has 4 saturated carbocycles. The molecule has 1 aliphatic heterocycles. The van der Waals surface area contributed by atoms with Crippen LogP contribution < -0.4 is 0 Å². The summed E-state index contributed by atoms with van der Waals surface area (Å²) < 4.78 is 12.0. The summed E-state index contributed by atoms with van der Waals surface area (Å²) in [6.07, 6.45) is 2.19. The van der Waals surface area contributed by atoms with Gasteiger partial charge in [-0.15, -0.1) is 0 Å². The normalized spacial score (nSPS) is 57.9. The topological polar surface area (TPSA) is 120 Å². The van der Waals surface area contributed by atoms with Gasteiger partial charge in [0, 0.05) is 0 Å². The highest BCUT2D eigenvalue weighted by Crippen LogP contribution is 2.73. The van der Waals surface area contributed by atoms with Gasteiger partial charge in [0.05, 0.1) is 18.3 Å². The molecule has 5 aliphatic rings. The Morgan fingerprint density at radius 2 is 1.61 bits per heavy atom. The zero-order valence-electron chi connectivity index (χ0n) is 20.6. The first-order chi connectivity index (χ1) is 15.4. The average Bonchev–Trinajstić information content (AvgIpc) is 2.93. The van der Waals surface area contributed by atoms with Crippen LogP contribution in [0.3, 0.4) is 0 Å². The minimum absolute atomic E-state index is 0.158. The molecular weight excluding hydrogens is 424 g/mol. The summed E-state index contributed by atoms with van der Waals surface area (Å²) in [4.78, 5) is 0. The van der Waals surface area contributed by atoms with Crippen LogP contribution in [0.5, 0.6) is 0 Å². The predicted octanol–water partition coefficient (Wildman–Crippen LogP) is 1.97. The van der Waals surface area contributed by atoms with Crippen molar-refractivity contribution < 1.29 is 35.0 Å². The van der Waals surface area contributed by atoms with E-state index in [2.05, 4.69) is 27.7 Å². The SMILES string of the molecule is CC1(C)[C@@H](O[C@@H]2O[C@H](CO)[C@@H](O)[C@H](O)[C@H]2O)CC[C@@]2(C)[C@@H]3CC[C@H]4C[C@@]3(CC[C@@H]12)C[C@@]4(C)O. The van der Waals surface area contributed by atoms with Crippen LogP contribution in [0.4, 0.5) is 0 Å². The maximum Gasteiger partial charge on any atom is 0.186 e. The van der Waals surface area contributed by atoms with E-state index in [1.807, 2.05) is 0 Å². The van der Waals surface area contributed by atoms with E-state index in [1.165, 1.54) is 6.42 Å². The van der Waals surface area contributed by atoms with Gasteiger partial charge >= 0.3 is 0 Å². The highest BCUT2D eigenvalue weighted by atomic mass is 16.7. The lowest BCUT2D eigenvalue weighted by atomic mass is 9.41. The van der Waals surface area contributed by atoms with E-state index in [0.29, 0.717) is 17.8 Å². The molecule has 0 aromatic heterocycles. The minimum Gasteiger partial charge on any atom is -0.394 e. The second-order valence-corrected chi connectivity index (χ2v) is 13.2. The van der Waals surface area contributed by atoms with Gasteiger partial charge in [-0.05, 0) is 92.3 Å². The molecule has 0 aromatic carbocycles. The van der Waals surface area contributed by atoms with Crippen LogP contribution in [-0.4, -0.2) is 74.6 Å². The first-order valence-electron chi connectivity index (χ1n) is 13.0. The van der Waals surface area contributed by atoms with E-state index in [4.69, 9.17) is 9.47 Å². The fourth-order valence-electron chi connectivity index (χ4n) is 9.58. The van der Waals surface area contributed by atoms with E-state index in [-0.39, 0.29) is 22.3 Å². The minimum atomic E-state index is -1.42. The molecule has 7 nitrogen and oxygen atoms in total. The van der Waals surface area contributed by atoms with Crippen molar-refractivity contribution in [3.05, 3.63) is 0 Å². The number of aliphatic hydroxyl groups is 5. The third kappa shape index (κ3) is 3.48. The Morgan fingerprint density at radius 1 is 0.879 bits per heavy atom. The molecule has 1 saturated heterocycles. The van der Waals surface area contributed by atoms with Crippen molar-refractivity contribution in [1.82, 2.24) is 0 Å². The molecule has 0 radical (unpaired) electrons. The lowest BCUT2D eigenvalue weighted by Crippen LogP contribution is -2.63. The quantitative estimate of drug-likeness (QED) is 0.402. The highest BCUT2D eigenvalue weighted by molar-refractivity contribution is 5.16. The molecule has 5 N–H and O–H groups in total. The average molecular weight is 469 g/mol. The lowest BCUT2D eigenvalue weighted by Gasteiger charge is -2.65. The standard InChI is InChI=1S/C26H44O7/c1-23(2)16-7-10-26-11-14(25(4,31)13-26)5-6-17(26)24(16,3)9-8-18(23)33-22-21(30)20(29)19(28)15(12-27)32-22/h14-22,27-31H,5-13H2,1-4H3/t14-,15+,16-,17-,18-,19+,20-,21+,22-,24+,25+,26-/m0/s1. The zero-order chi connectivity index (χ0) is 24.0. The van der Waals surface area contributed by atoms with Gasteiger partial charge in [0.2, 0.25) is 0 Å². The van der Waals surface area contributed by atoms with Crippen molar-refractivity contribution in [3.8, 4) is 0 Å². The number of hydrogen-bond donors (Lipinski definition) is 5. The van der Waals surface area contributed by atoms with E-state index in [9.17, 15) is 25.5 Å². The monoisotopic (exact) mass is 468 g/mol. The molecule has 12 atom stereocenters. The van der Waals surface area contributed by atoms with Gasteiger partial charge in [0.1, 0.15) is 24.4 Å². The molecule has 0 aromatic rings. The third-order valence-corrected chi connectivity index (χ3v) is 11.1. The molecule has 1 heterocycles. The van der Waals surface area contributed by atoms with Crippen molar-refractivity contribution in [2.45, 2.75) is 121 Å².